The van der Waals surface area contributed by atoms with E-state index in [2.05, 4.69) is 10.3 Å². The van der Waals surface area contributed by atoms with E-state index in [9.17, 15) is 39.0 Å². The highest BCUT2D eigenvalue weighted by atomic mass is 35.5. The number of halogens is 1. The fourth-order valence-electron chi connectivity index (χ4n) is 11.1. The third-order valence-corrected chi connectivity index (χ3v) is 15.9. The van der Waals surface area contributed by atoms with Gasteiger partial charge in [-0.25, -0.2) is 9.59 Å². The van der Waals surface area contributed by atoms with Gasteiger partial charge in [-0.3, -0.25) is 24.2 Å². The number of ether oxygens (including phenoxy) is 6. The van der Waals surface area contributed by atoms with E-state index in [4.69, 9.17) is 28.4 Å². The monoisotopic (exact) mass is 1080 g/mol. The zero-order valence-corrected chi connectivity index (χ0v) is 47.2. The molecule has 2 saturated heterocycles. The van der Waals surface area contributed by atoms with Crippen LogP contribution >= 0.6 is 12.4 Å². The van der Waals surface area contributed by atoms with E-state index in [0.717, 1.165) is 11.1 Å². The molecule has 5 rings (SSSR count). The molecule has 3 fully saturated rings. The summed E-state index contributed by atoms with van der Waals surface area (Å²) < 4.78 is 35.7. The van der Waals surface area contributed by atoms with Gasteiger partial charge in [0.15, 0.2) is 5.78 Å². The van der Waals surface area contributed by atoms with Gasteiger partial charge in [0.2, 0.25) is 5.79 Å². The van der Waals surface area contributed by atoms with Crippen LogP contribution in [0.4, 0.5) is 4.79 Å². The summed E-state index contributed by atoms with van der Waals surface area (Å²) in [5.41, 5.74) is 2.06. The van der Waals surface area contributed by atoms with Crippen LogP contribution in [0.1, 0.15) is 131 Å². The van der Waals surface area contributed by atoms with Crippen LogP contribution in [0.3, 0.4) is 0 Å². The molecule has 76 heavy (non-hydrogen) atoms. The average Bonchev–Trinajstić information content (AvgIpc) is 3.40. The molecule has 1 saturated carbocycles. The van der Waals surface area contributed by atoms with Crippen LogP contribution in [-0.2, 0) is 58.9 Å². The predicted molar refractivity (Wildman–Crippen MR) is 288 cm³/mol. The molecule has 1 aromatic heterocycles. The summed E-state index contributed by atoms with van der Waals surface area (Å²) in [6.45, 7) is 12.9. The lowest BCUT2D eigenvalue weighted by atomic mass is 9.78. The topological polar surface area (TPSA) is 226 Å². The summed E-state index contributed by atoms with van der Waals surface area (Å²) in [6, 6.07) is 2.45. The molecule has 3 N–H and O–H groups in total. The highest BCUT2D eigenvalue weighted by Gasteiger charge is 2.53. The molecule has 15 atom stereocenters. The Kier molecular flexibility index (Phi) is 25.7. The Bertz CT molecular complexity index is 2220. The SMILES string of the molecule is CO[C@H]1C[C@@H]2CC[C@@H](C)[C@@](O)(O2)C(=O)C(=O)N2CCCC[C@H]2C(=O)O[C@H]([C@H](C)CC2CC[C@H](OC(=O)NCc3cccnc3)[C@@H](OC)C2)CC(=O)[C@H](C)/C=C(\C)[C@@H](O)[C@@H](OC)C(=O)[C@H](C)C[C@H](C)/C=C/C=C/C=C/1C.Cl. The lowest BCUT2D eigenvalue weighted by Crippen LogP contribution is -2.61. The molecule has 4 aliphatic rings. The summed E-state index contributed by atoms with van der Waals surface area (Å²) in [4.78, 5) is 89.5. The maximum atomic E-state index is 14.6. The zero-order valence-electron chi connectivity index (χ0n) is 46.4. The van der Waals surface area contributed by atoms with Crippen LogP contribution < -0.4 is 5.32 Å². The number of alkyl carbamates (subject to hydrolysis) is 1. The quantitative estimate of drug-likeness (QED) is 0.121. The van der Waals surface area contributed by atoms with Gasteiger partial charge in [-0.05, 0) is 119 Å². The van der Waals surface area contributed by atoms with Crippen molar-refractivity contribution in [2.24, 2.45) is 35.5 Å². The largest absolute Gasteiger partial charge is 0.460 e. The second kappa shape index (κ2) is 30.5. The minimum absolute atomic E-state index is 0. The smallest absolute Gasteiger partial charge is 0.407 e. The third kappa shape index (κ3) is 17.4. The van der Waals surface area contributed by atoms with Crippen LogP contribution in [0.25, 0.3) is 0 Å². The average molecular weight is 1080 g/mol. The molecule has 0 radical (unpaired) electrons. The molecule has 1 unspecified atom stereocenters. The van der Waals surface area contributed by atoms with Gasteiger partial charge < -0.3 is 48.9 Å². The number of ketones is 3. The van der Waals surface area contributed by atoms with Crippen molar-refractivity contribution in [3.05, 3.63) is 77.7 Å². The Morgan fingerprint density at radius 3 is 2.34 bits per heavy atom. The van der Waals surface area contributed by atoms with Crippen molar-refractivity contribution in [2.75, 3.05) is 27.9 Å². The van der Waals surface area contributed by atoms with Crippen molar-refractivity contribution < 1.29 is 67.4 Å². The van der Waals surface area contributed by atoms with Crippen LogP contribution in [-0.4, -0.2) is 138 Å². The first-order chi connectivity index (χ1) is 35.7. The number of cyclic esters (lactones) is 1. The third-order valence-electron chi connectivity index (χ3n) is 15.9. The Balaban J connectivity index is 0.0000125. The van der Waals surface area contributed by atoms with Crippen LogP contribution in [0.15, 0.2) is 72.1 Å². The Hall–Kier alpha value is -4.62. The lowest BCUT2D eigenvalue weighted by Gasteiger charge is -2.42. The number of Topliss-reactive ketones (excluding diaryl/α,β-unsaturated/α-hetero) is 3. The number of esters is 1. The predicted octanol–water partition coefficient (Wildman–Crippen LogP) is 7.93. The molecule has 18 heteroatoms. The number of amides is 2. The number of aromatic nitrogens is 1. The number of hydrogen-bond acceptors (Lipinski definition) is 15. The number of carbonyl (C=O) groups excluding carboxylic acids is 6. The minimum atomic E-state index is -2.46. The van der Waals surface area contributed by atoms with Gasteiger partial charge in [0.25, 0.3) is 11.7 Å². The minimum Gasteiger partial charge on any atom is -0.460 e. The van der Waals surface area contributed by atoms with Crippen LogP contribution in [0, 0.1) is 35.5 Å². The van der Waals surface area contributed by atoms with Crippen molar-refractivity contribution in [3.8, 4) is 0 Å². The van der Waals surface area contributed by atoms with E-state index in [1.165, 1.54) is 12.0 Å². The fraction of sp³-hybridized carbons (Fsp3) is 0.672. The molecule has 1 aliphatic carbocycles. The van der Waals surface area contributed by atoms with E-state index >= 15 is 0 Å². The summed E-state index contributed by atoms with van der Waals surface area (Å²) in [6.07, 6.45) is 13.3. The van der Waals surface area contributed by atoms with E-state index in [1.807, 2.05) is 64.1 Å². The second-order valence-corrected chi connectivity index (χ2v) is 21.7. The van der Waals surface area contributed by atoms with Gasteiger partial charge in [-0.15, -0.1) is 12.4 Å². The first-order valence-electron chi connectivity index (χ1n) is 27.0. The molecule has 2 bridgehead atoms. The van der Waals surface area contributed by atoms with E-state index < -0.39 is 102 Å². The second-order valence-electron chi connectivity index (χ2n) is 21.7. The summed E-state index contributed by atoms with van der Waals surface area (Å²) in [5, 5.41) is 26.3. The zero-order chi connectivity index (χ0) is 55.0. The summed E-state index contributed by atoms with van der Waals surface area (Å²) in [5.74, 6) is -8.36. The van der Waals surface area contributed by atoms with Crippen molar-refractivity contribution in [1.82, 2.24) is 15.2 Å². The van der Waals surface area contributed by atoms with Crippen molar-refractivity contribution >= 4 is 47.7 Å². The van der Waals surface area contributed by atoms with E-state index in [1.54, 1.807) is 59.5 Å². The number of nitrogens with zero attached hydrogens (tertiary/aromatic N) is 2. The molecule has 0 aromatic carbocycles. The summed E-state index contributed by atoms with van der Waals surface area (Å²) >= 11 is 0. The molecule has 4 heterocycles. The molecule has 1 aromatic rings. The Morgan fingerprint density at radius 1 is 0.908 bits per heavy atom. The van der Waals surface area contributed by atoms with Gasteiger partial charge in [-0.1, -0.05) is 77.1 Å². The first kappa shape index (κ1) is 63.9. The lowest BCUT2D eigenvalue weighted by molar-refractivity contribution is -0.265. The first-order valence-corrected chi connectivity index (χ1v) is 27.0. The number of fused-ring (bicyclic) bond motifs is 3. The van der Waals surface area contributed by atoms with Crippen molar-refractivity contribution in [1.29, 1.82) is 0 Å². The maximum absolute atomic E-state index is 14.6. The van der Waals surface area contributed by atoms with E-state index in [0.29, 0.717) is 69.8 Å². The number of methoxy groups -OCH3 is 3. The number of pyridine rings is 1. The highest BCUT2D eigenvalue weighted by molar-refractivity contribution is 6.39. The van der Waals surface area contributed by atoms with Crippen molar-refractivity contribution in [2.45, 2.75) is 187 Å². The standard InChI is InChI=1S/C58H85N3O14.ClH/c1-35-17-12-11-13-18-36(2)48(70-8)31-44-23-21-41(7)58(69,75-44)54(65)55(66)61-26-15-14-20-45(61)56(67)73-49(32-46(62)37(3)28-40(6)52(64)53(72-10)51(63)39(5)27-35)38(4)29-42-22-24-47(50(30-42)71-9)74-57(68)60-34-43-19-16-25-59-33-43;/h11-13,16-19,25,28,33,35,37-39,41-42,44-45,47-50,52-53,64,69H,14-15,20-24,26-27,29-32,34H2,1-10H3,(H,60,68);1H/b13-11+,17-12+,36-18+,40-28+;/t35-,37-,38-,39-,41-,42?,44+,45+,47+,48+,49+,50+,52-,53+,58-;/m1./s1. The Morgan fingerprint density at radius 2 is 1.66 bits per heavy atom. The molecular weight excluding hydrogens is 998 g/mol. The normalized spacial score (nSPS) is 35.9. The van der Waals surface area contributed by atoms with Gasteiger partial charge in [0.1, 0.15) is 36.2 Å². The van der Waals surface area contributed by atoms with Gasteiger partial charge in [0.05, 0.1) is 18.3 Å². The van der Waals surface area contributed by atoms with Crippen LogP contribution in [0.5, 0.6) is 0 Å². The summed E-state index contributed by atoms with van der Waals surface area (Å²) in [7, 11) is 4.51. The maximum Gasteiger partial charge on any atom is 0.407 e. The number of carbonyl (C=O) groups is 6. The van der Waals surface area contributed by atoms with E-state index in [-0.39, 0.29) is 61.7 Å². The highest BCUT2D eigenvalue weighted by Crippen LogP contribution is 2.38. The van der Waals surface area contributed by atoms with Crippen molar-refractivity contribution in [3.63, 3.8) is 0 Å². The number of aliphatic hydroxyl groups excluding tert-OH is 1. The molecule has 2 amide bonds. The molecule has 0 spiro atoms. The van der Waals surface area contributed by atoms with Gasteiger partial charge in [0, 0.05) is 77.4 Å². The number of nitrogens with one attached hydrogen (secondary N) is 1. The molecule has 17 nitrogen and oxygen atoms in total. The molecule has 424 valence electrons. The van der Waals surface area contributed by atoms with Gasteiger partial charge >= 0.3 is 12.1 Å². The number of aliphatic hydroxyl groups is 2. The Labute approximate surface area is 456 Å². The molecular formula is C58H86ClN3O14. The number of rotatable bonds is 9. The van der Waals surface area contributed by atoms with Gasteiger partial charge in [-0.2, -0.15) is 0 Å². The number of allylic oxidation sites excluding steroid dienone is 6. The number of hydrogen-bond donors (Lipinski definition) is 3. The fourth-order valence-corrected chi connectivity index (χ4v) is 11.1. The van der Waals surface area contributed by atoms with Crippen LogP contribution in [0.2, 0.25) is 0 Å². The number of piperidine rings is 1. The molecule has 3 aliphatic heterocycles.